The Morgan fingerprint density at radius 1 is 0.556 bits per heavy atom. The van der Waals surface area contributed by atoms with E-state index in [9.17, 15) is 0 Å². The van der Waals surface area contributed by atoms with Gasteiger partial charge in [0.25, 0.3) is 0 Å². The fourth-order valence-corrected chi connectivity index (χ4v) is 2.71. The van der Waals surface area contributed by atoms with Crippen molar-refractivity contribution in [3.05, 3.63) is 0 Å². The minimum atomic E-state index is -0.941. The van der Waals surface area contributed by atoms with Gasteiger partial charge >= 0.3 is 0 Å². The van der Waals surface area contributed by atoms with Crippen molar-refractivity contribution in [1.82, 2.24) is 0 Å². The summed E-state index contributed by atoms with van der Waals surface area (Å²) in [6.07, 6.45) is -3.91. The van der Waals surface area contributed by atoms with E-state index in [4.69, 9.17) is 54.0 Å². The zero-order valence-electron chi connectivity index (χ0n) is 15.4. The summed E-state index contributed by atoms with van der Waals surface area (Å²) >= 11 is 0. The first kappa shape index (κ1) is 24.6. The molecule has 1 heterocycles. The van der Waals surface area contributed by atoms with E-state index in [1.165, 1.54) is 0 Å². The van der Waals surface area contributed by atoms with Crippen molar-refractivity contribution in [3.63, 3.8) is 0 Å². The SMILES string of the molecule is OCCOC[C@H]1O[C@H](OCCO)[C@H](OCCO)[C@@H](OCCO)[C@@H]1OCCO. The van der Waals surface area contributed by atoms with Crippen LogP contribution in [0.2, 0.25) is 0 Å². The van der Waals surface area contributed by atoms with Crippen LogP contribution in [0.3, 0.4) is 0 Å². The molecule has 1 fully saturated rings. The topological polar surface area (TPSA) is 157 Å². The van der Waals surface area contributed by atoms with Crippen molar-refractivity contribution in [3.8, 4) is 0 Å². The highest BCUT2D eigenvalue weighted by atomic mass is 16.7. The maximum atomic E-state index is 9.13. The number of aliphatic hydroxyl groups excluding tert-OH is 5. The quantitative estimate of drug-likeness (QED) is 0.167. The second-order valence-corrected chi connectivity index (χ2v) is 5.61. The number of aliphatic hydroxyl groups is 5. The highest BCUT2D eigenvalue weighted by molar-refractivity contribution is 4.93. The van der Waals surface area contributed by atoms with Gasteiger partial charge in [-0.2, -0.15) is 0 Å². The van der Waals surface area contributed by atoms with Crippen LogP contribution in [-0.4, -0.2) is 129 Å². The Labute approximate surface area is 158 Å². The predicted octanol–water partition coefficient (Wildman–Crippen LogP) is -3.14. The standard InChI is InChI=1S/C16H32O11/c17-1-6-22-11-12-13(23-7-2-18)14(24-8-3-19)15(25-9-4-20)16(27-12)26-10-5-21/h12-21H,1-11H2/t12-,13-,14+,15-,16+/m1/s1. The van der Waals surface area contributed by atoms with E-state index >= 15 is 0 Å². The fourth-order valence-electron chi connectivity index (χ4n) is 2.71. The van der Waals surface area contributed by atoms with Crippen molar-refractivity contribution in [2.75, 3.05) is 72.7 Å². The van der Waals surface area contributed by atoms with Crippen molar-refractivity contribution in [1.29, 1.82) is 0 Å². The lowest BCUT2D eigenvalue weighted by Gasteiger charge is -2.45. The summed E-state index contributed by atoms with van der Waals surface area (Å²) in [6.45, 7) is -0.934. The molecule has 0 aliphatic carbocycles. The monoisotopic (exact) mass is 400 g/mol. The molecule has 0 radical (unpaired) electrons. The van der Waals surface area contributed by atoms with Crippen molar-refractivity contribution >= 4 is 0 Å². The van der Waals surface area contributed by atoms with Crippen LogP contribution in [-0.2, 0) is 28.4 Å². The number of hydrogen-bond donors (Lipinski definition) is 5. The molecular weight excluding hydrogens is 368 g/mol. The molecule has 0 unspecified atom stereocenters. The first-order valence-corrected chi connectivity index (χ1v) is 8.97. The second kappa shape index (κ2) is 15.5. The summed E-state index contributed by atoms with van der Waals surface area (Å²) in [5.74, 6) is 0. The van der Waals surface area contributed by atoms with Crippen LogP contribution >= 0.6 is 0 Å². The molecule has 0 bridgehead atoms. The zero-order chi connectivity index (χ0) is 19.9. The van der Waals surface area contributed by atoms with Gasteiger partial charge in [-0.1, -0.05) is 0 Å². The molecule has 11 nitrogen and oxygen atoms in total. The van der Waals surface area contributed by atoms with E-state index in [0.29, 0.717) is 0 Å². The second-order valence-electron chi connectivity index (χ2n) is 5.61. The molecule has 1 saturated heterocycles. The fraction of sp³-hybridized carbons (Fsp3) is 1.00. The van der Waals surface area contributed by atoms with E-state index in [1.807, 2.05) is 0 Å². The molecule has 1 rings (SSSR count). The first-order chi connectivity index (χ1) is 13.2. The molecule has 5 atom stereocenters. The summed E-state index contributed by atoms with van der Waals surface area (Å²) in [6, 6.07) is 0. The van der Waals surface area contributed by atoms with Gasteiger partial charge in [0.05, 0.1) is 72.7 Å². The van der Waals surface area contributed by atoms with E-state index in [-0.39, 0.29) is 72.7 Å². The van der Waals surface area contributed by atoms with Gasteiger partial charge < -0.3 is 54.0 Å². The molecule has 27 heavy (non-hydrogen) atoms. The maximum absolute atomic E-state index is 9.13. The molecule has 5 N–H and O–H groups in total. The molecule has 0 aromatic carbocycles. The Kier molecular flexibility index (Phi) is 14.1. The summed E-state index contributed by atoms with van der Waals surface area (Å²) in [7, 11) is 0. The minimum absolute atomic E-state index is 0.000423. The van der Waals surface area contributed by atoms with Crippen LogP contribution < -0.4 is 0 Å². The summed E-state index contributed by atoms with van der Waals surface area (Å²) in [5.41, 5.74) is 0. The summed E-state index contributed by atoms with van der Waals surface area (Å²) in [5, 5.41) is 45.3. The van der Waals surface area contributed by atoms with Crippen molar-refractivity contribution < 1.29 is 54.0 Å². The molecule has 0 aromatic rings. The predicted molar refractivity (Wildman–Crippen MR) is 90.1 cm³/mol. The molecule has 11 heteroatoms. The van der Waals surface area contributed by atoms with Crippen LogP contribution in [0, 0.1) is 0 Å². The van der Waals surface area contributed by atoms with E-state index in [1.54, 1.807) is 0 Å². The van der Waals surface area contributed by atoms with Crippen LogP contribution in [0.5, 0.6) is 0 Å². The number of ether oxygens (including phenoxy) is 6. The Morgan fingerprint density at radius 3 is 1.59 bits per heavy atom. The van der Waals surface area contributed by atoms with Gasteiger partial charge in [0.15, 0.2) is 6.29 Å². The Hall–Kier alpha value is -0.440. The molecule has 0 spiro atoms. The highest BCUT2D eigenvalue weighted by Gasteiger charge is 2.48. The highest BCUT2D eigenvalue weighted by Crippen LogP contribution is 2.29. The van der Waals surface area contributed by atoms with Crippen molar-refractivity contribution in [2.24, 2.45) is 0 Å². The lowest BCUT2D eigenvalue weighted by molar-refractivity contribution is -0.325. The summed E-state index contributed by atoms with van der Waals surface area (Å²) in [4.78, 5) is 0. The Morgan fingerprint density at radius 2 is 1.04 bits per heavy atom. The van der Waals surface area contributed by atoms with E-state index in [0.717, 1.165) is 0 Å². The van der Waals surface area contributed by atoms with Gasteiger partial charge in [0, 0.05) is 0 Å². The molecule has 1 aliphatic heterocycles. The van der Waals surface area contributed by atoms with E-state index < -0.39 is 30.7 Å². The Balaban J connectivity index is 2.99. The van der Waals surface area contributed by atoms with Crippen molar-refractivity contribution in [2.45, 2.75) is 30.7 Å². The number of rotatable bonds is 16. The average molecular weight is 400 g/mol. The first-order valence-electron chi connectivity index (χ1n) is 8.97. The molecule has 1 aliphatic rings. The van der Waals surface area contributed by atoms with Gasteiger partial charge in [0.2, 0.25) is 0 Å². The van der Waals surface area contributed by atoms with Gasteiger partial charge in [-0.15, -0.1) is 0 Å². The number of hydrogen-bond acceptors (Lipinski definition) is 11. The average Bonchev–Trinajstić information content (AvgIpc) is 2.68. The molecule has 0 saturated carbocycles. The van der Waals surface area contributed by atoms with Crippen LogP contribution in [0.1, 0.15) is 0 Å². The third-order valence-corrected chi connectivity index (χ3v) is 3.69. The zero-order valence-corrected chi connectivity index (χ0v) is 15.4. The minimum Gasteiger partial charge on any atom is -0.394 e. The molecule has 0 aromatic heterocycles. The van der Waals surface area contributed by atoms with Crippen LogP contribution in [0.15, 0.2) is 0 Å². The smallest absolute Gasteiger partial charge is 0.187 e. The third-order valence-electron chi connectivity index (χ3n) is 3.69. The molecule has 162 valence electrons. The lowest BCUT2D eigenvalue weighted by atomic mass is 9.98. The van der Waals surface area contributed by atoms with Gasteiger partial charge in [0.1, 0.15) is 24.4 Å². The lowest BCUT2D eigenvalue weighted by Crippen LogP contribution is -2.62. The third kappa shape index (κ3) is 8.62. The van der Waals surface area contributed by atoms with E-state index in [2.05, 4.69) is 0 Å². The molecule has 0 amide bonds. The van der Waals surface area contributed by atoms with Crippen LogP contribution in [0.4, 0.5) is 0 Å². The Bertz CT molecular complexity index is 346. The van der Waals surface area contributed by atoms with Gasteiger partial charge in [-0.05, 0) is 0 Å². The van der Waals surface area contributed by atoms with Crippen LogP contribution in [0.25, 0.3) is 0 Å². The summed E-state index contributed by atoms with van der Waals surface area (Å²) < 4.78 is 33.7. The normalized spacial score (nSPS) is 28.6. The van der Waals surface area contributed by atoms with Gasteiger partial charge in [-0.25, -0.2) is 0 Å². The maximum Gasteiger partial charge on any atom is 0.187 e. The largest absolute Gasteiger partial charge is 0.394 e. The van der Waals surface area contributed by atoms with Gasteiger partial charge in [-0.3, -0.25) is 0 Å². The molecular formula is C16H32O11.